The maximum atomic E-state index is 11.6. The first-order chi connectivity index (χ1) is 11.9. The summed E-state index contributed by atoms with van der Waals surface area (Å²) in [5.74, 6) is 2.10. The van der Waals surface area contributed by atoms with Crippen LogP contribution in [0.3, 0.4) is 0 Å². The zero-order valence-electron chi connectivity index (χ0n) is 15.8. The number of hydrogen-bond acceptors (Lipinski definition) is 5. The van der Waals surface area contributed by atoms with Crippen LogP contribution < -0.4 is 10.6 Å². The van der Waals surface area contributed by atoms with Crippen LogP contribution in [0.15, 0.2) is 4.99 Å². The molecule has 25 heavy (non-hydrogen) atoms. The van der Waals surface area contributed by atoms with Crippen molar-refractivity contribution in [3.8, 4) is 0 Å². The Bertz CT molecular complexity index is 530. The predicted octanol–water partition coefficient (Wildman–Crippen LogP) is 0.333. The molecule has 2 atom stereocenters. The molecule has 2 unspecified atom stereocenters. The Morgan fingerprint density at radius 2 is 2.00 bits per heavy atom. The molecule has 0 aromatic rings. The molecule has 0 radical (unpaired) electrons. The maximum absolute atomic E-state index is 11.6. The van der Waals surface area contributed by atoms with Gasteiger partial charge in [-0.1, -0.05) is 13.8 Å². The van der Waals surface area contributed by atoms with Gasteiger partial charge in [0.25, 0.3) is 0 Å². The van der Waals surface area contributed by atoms with E-state index in [0.29, 0.717) is 30.0 Å². The first-order valence-electron chi connectivity index (χ1n) is 9.45. The smallest absolute Gasteiger partial charge is 0.191 e. The fourth-order valence-electron chi connectivity index (χ4n) is 3.46. The largest absolute Gasteiger partial charge is 0.379 e. The molecular formula is C17H34N4O3S. The number of hydrogen-bond donors (Lipinski definition) is 2. The second kappa shape index (κ2) is 9.73. The van der Waals surface area contributed by atoms with E-state index in [1.807, 2.05) is 6.92 Å². The fourth-order valence-corrected chi connectivity index (χ4v) is 5.32. The van der Waals surface area contributed by atoms with Gasteiger partial charge in [-0.3, -0.25) is 9.89 Å². The zero-order valence-corrected chi connectivity index (χ0v) is 16.6. The summed E-state index contributed by atoms with van der Waals surface area (Å²) < 4.78 is 28.6. The number of sulfone groups is 1. The van der Waals surface area contributed by atoms with Gasteiger partial charge in [-0.25, -0.2) is 8.42 Å². The SMILES string of the molecule is CCNC(=NCC(C(C)C)N1CCOCC1)NCC1CCS(=O)(=O)C1. The Morgan fingerprint density at radius 1 is 1.28 bits per heavy atom. The molecular weight excluding hydrogens is 340 g/mol. The van der Waals surface area contributed by atoms with Crippen molar-refractivity contribution in [3.05, 3.63) is 0 Å². The molecule has 2 rings (SSSR count). The molecule has 146 valence electrons. The summed E-state index contributed by atoms with van der Waals surface area (Å²) in [4.78, 5) is 7.23. The Labute approximate surface area is 152 Å². The molecule has 2 N–H and O–H groups in total. The topological polar surface area (TPSA) is 83.0 Å². The fraction of sp³-hybridized carbons (Fsp3) is 0.941. The lowest BCUT2D eigenvalue weighted by Crippen LogP contribution is -2.48. The molecule has 0 bridgehead atoms. The van der Waals surface area contributed by atoms with E-state index in [9.17, 15) is 8.42 Å². The molecule has 2 aliphatic heterocycles. The third-order valence-electron chi connectivity index (χ3n) is 4.95. The van der Waals surface area contributed by atoms with Crippen molar-refractivity contribution in [1.82, 2.24) is 15.5 Å². The van der Waals surface area contributed by atoms with Gasteiger partial charge in [-0.05, 0) is 25.2 Å². The molecule has 2 aliphatic rings. The summed E-state index contributed by atoms with van der Waals surface area (Å²) >= 11 is 0. The van der Waals surface area contributed by atoms with Crippen LogP contribution in [0.2, 0.25) is 0 Å². The lowest BCUT2D eigenvalue weighted by Gasteiger charge is -2.36. The highest BCUT2D eigenvalue weighted by atomic mass is 32.2. The van der Waals surface area contributed by atoms with Gasteiger partial charge in [0.2, 0.25) is 0 Å². The second-order valence-electron chi connectivity index (χ2n) is 7.33. The van der Waals surface area contributed by atoms with E-state index in [0.717, 1.165) is 51.8 Å². The number of guanidine groups is 1. The number of nitrogens with one attached hydrogen (secondary N) is 2. The van der Waals surface area contributed by atoms with E-state index in [4.69, 9.17) is 9.73 Å². The predicted molar refractivity (Wildman–Crippen MR) is 102 cm³/mol. The van der Waals surface area contributed by atoms with Gasteiger partial charge < -0.3 is 15.4 Å². The van der Waals surface area contributed by atoms with E-state index in [1.165, 1.54) is 0 Å². The summed E-state index contributed by atoms with van der Waals surface area (Å²) in [7, 11) is -2.83. The minimum Gasteiger partial charge on any atom is -0.379 e. The first-order valence-corrected chi connectivity index (χ1v) is 11.3. The Morgan fingerprint density at radius 3 is 2.56 bits per heavy atom. The molecule has 0 aliphatic carbocycles. The van der Waals surface area contributed by atoms with Gasteiger partial charge in [0.15, 0.2) is 15.8 Å². The van der Waals surface area contributed by atoms with Crippen molar-refractivity contribution in [2.45, 2.75) is 33.2 Å². The van der Waals surface area contributed by atoms with Crippen LogP contribution >= 0.6 is 0 Å². The number of nitrogens with zero attached hydrogens (tertiary/aromatic N) is 2. The van der Waals surface area contributed by atoms with Crippen molar-refractivity contribution >= 4 is 15.8 Å². The minimum absolute atomic E-state index is 0.189. The summed E-state index contributed by atoms with van der Waals surface area (Å²) in [6, 6.07) is 0.395. The maximum Gasteiger partial charge on any atom is 0.191 e. The first kappa shape index (κ1) is 20.5. The van der Waals surface area contributed by atoms with Gasteiger partial charge in [0.05, 0.1) is 31.3 Å². The van der Waals surface area contributed by atoms with Crippen molar-refractivity contribution in [2.75, 3.05) is 57.4 Å². The summed E-state index contributed by atoms with van der Waals surface area (Å²) in [6.07, 6.45) is 0.747. The summed E-state index contributed by atoms with van der Waals surface area (Å²) in [5, 5.41) is 6.60. The quantitative estimate of drug-likeness (QED) is 0.494. The number of morpholine rings is 1. The van der Waals surface area contributed by atoms with Gasteiger partial charge in [-0.15, -0.1) is 0 Å². The summed E-state index contributed by atoms with van der Waals surface area (Å²) in [6.45, 7) is 12.2. The molecule has 8 heteroatoms. The van der Waals surface area contributed by atoms with E-state index in [-0.39, 0.29) is 5.92 Å². The van der Waals surface area contributed by atoms with Crippen LogP contribution in [-0.2, 0) is 14.6 Å². The summed E-state index contributed by atoms with van der Waals surface area (Å²) in [5.41, 5.74) is 0. The molecule has 2 saturated heterocycles. The van der Waals surface area contributed by atoms with Crippen molar-refractivity contribution < 1.29 is 13.2 Å². The molecule has 0 aromatic carbocycles. The Balaban J connectivity index is 1.90. The molecule has 0 saturated carbocycles. The molecule has 2 fully saturated rings. The lowest BCUT2D eigenvalue weighted by molar-refractivity contribution is 0.00867. The zero-order chi connectivity index (χ0) is 18.3. The van der Waals surface area contributed by atoms with Gasteiger partial charge in [0, 0.05) is 32.2 Å². The highest BCUT2D eigenvalue weighted by Gasteiger charge is 2.28. The molecule has 7 nitrogen and oxygen atoms in total. The second-order valence-corrected chi connectivity index (χ2v) is 9.56. The van der Waals surface area contributed by atoms with Crippen LogP contribution in [0.1, 0.15) is 27.2 Å². The van der Waals surface area contributed by atoms with Crippen LogP contribution in [0.4, 0.5) is 0 Å². The third-order valence-corrected chi connectivity index (χ3v) is 6.79. The molecule has 0 amide bonds. The average molecular weight is 375 g/mol. The van der Waals surface area contributed by atoms with Crippen LogP contribution in [0.25, 0.3) is 0 Å². The van der Waals surface area contributed by atoms with Crippen LogP contribution in [-0.4, -0.2) is 82.8 Å². The van der Waals surface area contributed by atoms with E-state index in [1.54, 1.807) is 0 Å². The normalized spacial score (nSPS) is 25.9. The molecule has 0 aromatic heterocycles. The Hall–Kier alpha value is -0.860. The van der Waals surface area contributed by atoms with E-state index < -0.39 is 9.84 Å². The molecule has 2 heterocycles. The van der Waals surface area contributed by atoms with E-state index in [2.05, 4.69) is 29.4 Å². The monoisotopic (exact) mass is 374 g/mol. The van der Waals surface area contributed by atoms with Gasteiger partial charge in [-0.2, -0.15) is 0 Å². The molecule has 0 spiro atoms. The minimum atomic E-state index is -2.83. The van der Waals surface area contributed by atoms with Crippen molar-refractivity contribution in [1.29, 1.82) is 0 Å². The number of rotatable bonds is 7. The van der Waals surface area contributed by atoms with Crippen LogP contribution in [0, 0.1) is 11.8 Å². The average Bonchev–Trinajstić information content (AvgIpc) is 2.92. The Kier molecular flexibility index (Phi) is 7.96. The van der Waals surface area contributed by atoms with Crippen LogP contribution in [0.5, 0.6) is 0 Å². The van der Waals surface area contributed by atoms with Gasteiger partial charge >= 0.3 is 0 Å². The van der Waals surface area contributed by atoms with E-state index >= 15 is 0 Å². The van der Waals surface area contributed by atoms with Crippen molar-refractivity contribution in [3.63, 3.8) is 0 Å². The standard InChI is InChI=1S/C17H34N4O3S/c1-4-18-17(19-11-15-5-10-25(22,23)13-15)20-12-16(14(2)3)21-6-8-24-9-7-21/h14-16H,4-13H2,1-3H3,(H2,18,19,20). The lowest BCUT2D eigenvalue weighted by atomic mass is 10.0. The highest BCUT2D eigenvalue weighted by Crippen LogP contribution is 2.17. The van der Waals surface area contributed by atoms with Crippen molar-refractivity contribution in [2.24, 2.45) is 16.8 Å². The number of ether oxygens (including phenoxy) is 1. The van der Waals surface area contributed by atoms with Gasteiger partial charge in [0.1, 0.15) is 0 Å². The number of aliphatic imine (C=N–C) groups is 1. The highest BCUT2D eigenvalue weighted by molar-refractivity contribution is 7.91. The third kappa shape index (κ3) is 6.75.